The maximum atomic E-state index is 12.6. The predicted octanol–water partition coefficient (Wildman–Crippen LogP) is 8.50. The van der Waals surface area contributed by atoms with Crippen LogP contribution in [-0.2, 0) is 4.79 Å². The SMILES string of the molecule is CCCCCCCCOc1ccc(OC(=O)C2CCC(CCCCCCC)CC2)cc1. The van der Waals surface area contributed by atoms with Crippen molar-refractivity contribution in [1.29, 1.82) is 0 Å². The summed E-state index contributed by atoms with van der Waals surface area (Å²) in [6.45, 7) is 5.26. The van der Waals surface area contributed by atoms with Crippen LogP contribution in [0.25, 0.3) is 0 Å². The van der Waals surface area contributed by atoms with Crippen LogP contribution in [0.15, 0.2) is 24.3 Å². The van der Waals surface area contributed by atoms with Crippen LogP contribution in [-0.4, -0.2) is 12.6 Å². The molecule has 0 N–H and O–H groups in total. The van der Waals surface area contributed by atoms with E-state index in [1.807, 2.05) is 24.3 Å². The van der Waals surface area contributed by atoms with Gasteiger partial charge in [-0.25, -0.2) is 0 Å². The average molecular weight is 431 g/mol. The molecular weight excluding hydrogens is 384 g/mol. The minimum atomic E-state index is -0.0536. The number of esters is 1. The van der Waals surface area contributed by atoms with E-state index in [0.717, 1.165) is 37.5 Å². The van der Waals surface area contributed by atoms with Crippen molar-refractivity contribution < 1.29 is 14.3 Å². The van der Waals surface area contributed by atoms with E-state index in [1.54, 1.807) is 0 Å². The molecule has 1 aromatic carbocycles. The standard InChI is InChI=1S/C28H46O3/c1-3-5-7-9-11-13-23-30-26-19-21-27(22-20-26)31-28(29)25-17-15-24(16-18-25)14-12-10-8-6-4-2/h19-22,24-25H,3-18,23H2,1-2H3. The highest BCUT2D eigenvalue weighted by atomic mass is 16.5. The summed E-state index contributed by atoms with van der Waals surface area (Å²) in [6.07, 6.45) is 20.0. The summed E-state index contributed by atoms with van der Waals surface area (Å²) < 4.78 is 11.5. The molecule has 1 saturated carbocycles. The molecule has 176 valence electrons. The molecule has 0 atom stereocenters. The molecule has 1 aliphatic carbocycles. The Balaban J connectivity index is 1.58. The first-order valence-corrected chi connectivity index (χ1v) is 13.2. The molecule has 0 bridgehead atoms. The van der Waals surface area contributed by atoms with Crippen LogP contribution in [0.3, 0.4) is 0 Å². The van der Waals surface area contributed by atoms with Crippen molar-refractivity contribution in [3.63, 3.8) is 0 Å². The summed E-state index contributed by atoms with van der Waals surface area (Å²) in [6, 6.07) is 7.54. The van der Waals surface area contributed by atoms with Crippen LogP contribution in [0.5, 0.6) is 11.5 Å². The van der Waals surface area contributed by atoms with Crippen LogP contribution >= 0.6 is 0 Å². The van der Waals surface area contributed by atoms with Gasteiger partial charge in [-0.2, -0.15) is 0 Å². The van der Waals surface area contributed by atoms with Crippen molar-refractivity contribution in [3.8, 4) is 11.5 Å². The third kappa shape index (κ3) is 11.1. The lowest BCUT2D eigenvalue weighted by Gasteiger charge is -2.27. The van der Waals surface area contributed by atoms with Crippen LogP contribution in [0.1, 0.15) is 117 Å². The molecule has 0 radical (unpaired) electrons. The number of rotatable bonds is 16. The fraction of sp³-hybridized carbons (Fsp3) is 0.750. The molecule has 3 nitrogen and oxygen atoms in total. The monoisotopic (exact) mass is 430 g/mol. The Labute approximate surface area is 191 Å². The second kappa shape index (κ2) is 16.2. The first-order valence-electron chi connectivity index (χ1n) is 13.2. The van der Waals surface area contributed by atoms with Crippen molar-refractivity contribution in [2.45, 2.75) is 117 Å². The van der Waals surface area contributed by atoms with Crippen molar-refractivity contribution >= 4 is 5.97 Å². The molecule has 0 saturated heterocycles. The molecule has 1 fully saturated rings. The van der Waals surface area contributed by atoms with Crippen LogP contribution in [0, 0.1) is 11.8 Å². The van der Waals surface area contributed by atoms with Gasteiger partial charge in [-0.1, -0.05) is 84.5 Å². The van der Waals surface area contributed by atoms with E-state index >= 15 is 0 Å². The minimum absolute atomic E-state index is 0.0536. The summed E-state index contributed by atoms with van der Waals surface area (Å²) in [7, 11) is 0. The lowest BCUT2D eigenvalue weighted by molar-refractivity contribution is -0.140. The molecule has 0 heterocycles. The van der Waals surface area contributed by atoms with E-state index in [0.29, 0.717) is 5.75 Å². The lowest BCUT2D eigenvalue weighted by Crippen LogP contribution is -2.25. The van der Waals surface area contributed by atoms with Crippen LogP contribution in [0.2, 0.25) is 0 Å². The summed E-state index contributed by atoms with van der Waals surface area (Å²) >= 11 is 0. The molecule has 31 heavy (non-hydrogen) atoms. The Hall–Kier alpha value is -1.51. The van der Waals surface area contributed by atoms with Crippen molar-refractivity contribution in [2.24, 2.45) is 11.8 Å². The van der Waals surface area contributed by atoms with Gasteiger partial charge in [-0.3, -0.25) is 4.79 Å². The lowest BCUT2D eigenvalue weighted by atomic mass is 9.80. The highest BCUT2D eigenvalue weighted by molar-refractivity contribution is 5.75. The third-order valence-corrected chi connectivity index (χ3v) is 6.70. The van der Waals surface area contributed by atoms with Gasteiger partial charge in [-0.15, -0.1) is 0 Å². The van der Waals surface area contributed by atoms with Gasteiger partial charge in [0.15, 0.2) is 0 Å². The Bertz CT molecular complexity index is 572. The van der Waals surface area contributed by atoms with Gasteiger partial charge >= 0.3 is 5.97 Å². The Morgan fingerprint density at radius 2 is 1.29 bits per heavy atom. The molecule has 1 aliphatic rings. The predicted molar refractivity (Wildman–Crippen MR) is 130 cm³/mol. The maximum Gasteiger partial charge on any atom is 0.314 e. The zero-order valence-corrected chi connectivity index (χ0v) is 20.2. The number of benzene rings is 1. The van der Waals surface area contributed by atoms with E-state index in [2.05, 4.69) is 13.8 Å². The summed E-state index contributed by atoms with van der Waals surface area (Å²) in [5.74, 6) is 2.32. The van der Waals surface area contributed by atoms with Crippen LogP contribution < -0.4 is 9.47 Å². The molecule has 1 aromatic rings. The highest BCUT2D eigenvalue weighted by Crippen LogP contribution is 2.33. The van der Waals surface area contributed by atoms with Gasteiger partial charge in [-0.05, 0) is 62.3 Å². The molecule has 0 unspecified atom stereocenters. The Morgan fingerprint density at radius 1 is 0.742 bits per heavy atom. The molecule has 0 aromatic heterocycles. The van der Waals surface area contributed by atoms with Gasteiger partial charge in [0.1, 0.15) is 11.5 Å². The second-order valence-electron chi connectivity index (χ2n) is 9.43. The summed E-state index contributed by atoms with van der Waals surface area (Å²) in [4.78, 5) is 12.6. The van der Waals surface area contributed by atoms with Crippen molar-refractivity contribution in [3.05, 3.63) is 24.3 Å². The van der Waals surface area contributed by atoms with Gasteiger partial charge in [0.25, 0.3) is 0 Å². The average Bonchev–Trinajstić information content (AvgIpc) is 2.80. The molecule has 0 spiro atoms. The first-order chi connectivity index (χ1) is 15.2. The van der Waals surface area contributed by atoms with E-state index in [-0.39, 0.29) is 11.9 Å². The van der Waals surface area contributed by atoms with Crippen molar-refractivity contribution in [2.75, 3.05) is 6.61 Å². The van der Waals surface area contributed by atoms with E-state index in [1.165, 1.54) is 83.5 Å². The molecular formula is C28H46O3. The zero-order chi connectivity index (χ0) is 22.2. The largest absolute Gasteiger partial charge is 0.494 e. The second-order valence-corrected chi connectivity index (χ2v) is 9.43. The molecule has 2 rings (SSSR count). The fourth-order valence-corrected chi connectivity index (χ4v) is 4.60. The molecule has 3 heteroatoms. The van der Waals surface area contributed by atoms with Crippen LogP contribution in [0.4, 0.5) is 0 Å². The number of carbonyl (C=O) groups excluding carboxylic acids is 1. The molecule has 0 aliphatic heterocycles. The van der Waals surface area contributed by atoms with Crippen molar-refractivity contribution in [1.82, 2.24) is 0 Å². The molecule has 0 amide bonds. The van der Waals surface area contributed by atoms with E-state index in [4.69, 9.17) is 9.47 Å². The van der Waals surface area contributed by atoms with Gasteiger partial charge < -0.3 is 9.47 Å². The number of unbranched alkanes of at least 4 members (excludes halogenated alkanes) is 9. The summed E-state index contributed by atoms with van der Waals surface area (Å²) in [5, 5.41) is 0. The number of carbonyl (C=O) groups is 1. The first kappa shape index (κ1) is 25.7. The topological polar surface area (TPSA) is 35.5 Å². The number of hydrogen-bond acceptors (Lipinski definition) is 3. The van der Waals surface area contributed by atoms with Gasteiger partial charge in [0, 0.05) is 0 Å². The third-order valence-electron chi connectivity index (χ3n) is 6.70. The van der Waals surface area contributed by atoms with Gasteiger partial charge in [0.05, 0.1) is 12.5 Å². The smallest absolute Gasteiger partial charge is 0.314 e. The van der Waals surface area contributed by atoms with E-state index in [9.17, 15) is 4.79 Å². The summed E-state index contributed by atoms with van der Waals surface area (Å²) in [5.41, 5.74) is 0. The minimum Gasteiger partial charge on any atom is -0.494 e. The number of hydrogen-bond donors (Lipinski definition) is 0. The van der Waals surface area contributed by atoms with E-state index < -0.39 is 0 Å². The highest BCUT2D eigenvalue weighted by Gasteiger charge is 2.27. The Morgan fingerprint density at radius 3 is 1.94 bits per heavy atom. The fourth-order valence-electron chi connectivity index (χ4n) is 4.60. The Kier molecular flexibility index (Phi) is 13.4. The van der Waals surface area contributed by atoms with Gasteiger partial charge in [0.2, 0.25) is 0 Å². The normalized spacial score (nSPS) is 18.6. The quantitative estimate of drug-likeness (QED) is 0.150. The maximum absolute atomic E-state index is 12.6. The zero-order valence-electron chi connectivity index (χ0n) is 20.2. The number of ether oxygens (including phenoxy) is 2.